The molecule has 3 aromatic rings. The van der Waals surface area contributed by atoms with Gasteiger partial charge in [-0.15, -0.1) is 12.4 Å². The topological polar surface area (TPSA) is 64.8 Å². The number of nitrogens with zero attached hydrogens (tertiary/aromatic N) is 5. The lowest BCUT2D eigenvalue weighted by atomic mass is 9.95. The molecule has 7 nitrogen and oxygen atoms in total. The van der Waals surface area contributed by atoms with Crippen LogP contribution in [0.2, 0.25) is 5.02 Å². The maximum Gasteiger partial charge on any atom is 0.433 e. The van der Waals surface area contributed by atoms with Crippen LogP contribution in [0.5, 0.6) is 0 Å². The normalized spacial score (nSPS) is 18.4. The van der Waals surface area contributed by atoms with Crippen LogP contribution in [0.3, 0.4) is 0 Å². The number of anilines is 2. The molecule has 0 bridgehead atoms. The van der Waals surface area contributed by atoms with Crippen molar-refractivity contribution in [2.75, 3.05) is 55.6 Å². The van der Waals surface area contributed by atoms with Gasteiger partial charge in [-0.05, 0) is 48.1 Å². The number of aromatic nitrogens is 2. The molecule has 0 spiro atoms. The van der Waals surface area contributed by atoms with Crippen molar-refractivity contribution in [1.29, 1.82) is 0 Å². The molecule has 5 rings (SSSR count). The second-order valence-electron chi connectivity index (χ2n) is 12.4. The molecule has 2 aromatic carbocycles. The molecule has 0 amide bonds. The second kappa shape index (κ2) is 13.0. The van der Waals surface area contributed by atoms with Crippen LogP contribution >= 0.6 is 24.0 Å². The number of halogens is 5. The van der Waals surface area contributed by atoms with Gasteiger partial charge >= 0.3 is 12.1 Å². The highest BCUT2D eigenvalue weighted by molar-refractivity contribution is 6.31. The summed E-state index contributed by atoms with van der Waals surface area (Å²) in [6.45, 7) is 12.7. The average Bonchev–Trinajstić information content (AvgIpc) is 3.40. The number of piperazine rings is 1. The Bertz CT molecular complexity index is 1410. The average molecular weight is 641 g/mol. The highest BCUT2D eigenvalue weighted by Gasteiger charge is 2.42. The van der Waals surface area contributed by atoms with Crippen LogP contribution in [-0.2, 0) is 6.18 Å². The van der Waals surface area contributed by atoms with Gasteiger partial charge in [-0.1, -0.05) is 50.6 Å². The second-order valence-corrected chi connectivity index (χ2v) is 12.9. The first-order valence-electron chi connectivity index (χ1n) is 14.3. The van der Waals surface area contributed by atoms with Gasteiger partial charge in [0.05, 0.1) is 12.2 Å². The maximum atomic E-state index is 13.9. The Morgan fingerprint density at radius 3 is 2.28 bits per heavy atom. The summed E-state index contributed by atoms with van der Waals surface area (Å²) >= 11 is 6.41. The van der Waals surface area contributed by atoms with Crippen molar-refractivity contribution in [2.24, 2.45) is 5.41 Å². The Kier molecular flexibility index (Phi) is 9.93. The summed E-state index contributed by atoms with van der Waals surface area (Å²) in [5, 5.41) is 13.8. The fraction of sp³-hybridized carbons (Fsp3) is 0.484. The lowest BCUT2D eigenvalue weighted by Gasteiger charge is -2.39. The monoisotopic (exact) mass is 639 g/mol. The van der Waals surface area contributed by atoms with Crippen LogP contribution in [0.15, 0.2) is 48.7 Å². The first-order chi connectivity index (χ1) is 19.8. The van der Waals surface area contributed by atoms with Crippen molar-refractivity contribution in [1.82, 2.24) is 14.7 Å². The van der Waals surface area contributed by atoms with Crippen LogP contribution in [0.25, 0.3) is 11.1 Å². The van der Waals surface area contributed by atoms with Crippen LogP contribution in [0.1, 0.15) is 55.7 Å². The molecule has 234 valence electrons. The number of hydrogen-bond donors (Lipinski definition) is 1. The van der Waals surface area contributed by atoms with Crippen LogP contribution in [0, 0.1) is 5.41 Å². The summed E-state index contributed by atoms with van der Waals surface area (Å²) in [6, 6.07) is 13.4. The zero-order valence-corrected chi connectivity index (χ0v) is 26.1. The lowest BCUT2D eigenvalue weighted by molar-refractivity contribution is -0.145. The van der Waals surface area contributed by atoms with Crippen molar-refractivity contribution in [3.63, 3.8) is 0 Å². The molecule has 12 heteroatoms. The third-order valence-electron chi connectivity index (χ3n) is 7.95. The first-order valence-corrected chi connectivity index (χ1v) is 14.7. The van der Waals surface area contributed by atoms with E-state index in [1.807, 2.05) is 23.1 Å². The Labute approximate surface area is 261 Å². The van der Waals surface area contributed by atoms with Gasteiger partial charge in [0.1, 0.15) is 5.56 Å². The van der Waals surface area contributed by atoms with Gasteiger partial charge in [0.25, 0.3) is 0 Å². The zero-order chi connectivity index (χ0) is 30.2. The molecule has 0 saturated carbocycles. The van der Waals surface area contributed by atoms with Crippen molar-refractivity contribution >= 4 is 41.4 Å². The minimum atomic E-state index is -4.84. The van der Waals surface area contributed by atoms with Gasteiger partial charge in [0.15, 0.2) is 5.69 Å². The molecular weight excluding hydrogens is 602 g/mol. The fourth-order valence-electron chi connectivity index (χ4n) is 6.15. The van der Waals surface area contributed by atoms with Crippen LogP contribution in [0.4, 0.5) is 24.5 Å². The summed E-state index contributed by atoms with van der Waals surface area (Å²) in [5.41, 5.74) is 2.13. The van der Waals surface area contributed by atoms with E-state index < -0.39 is 29.4 Å². The molecular formula is C31H38Cl2F3N5O2. The number of carbonyl (C=O) groups is 1. The molecule has 1 atom stereocenters. The van der Waals surface area contributed by atoms with E-state index in [9.17, 15) is 23.1 Å². The van der Waals surface area contributed by atoms with E-state index >= 15 is 0 Å². The molecule has 1 N–H and O–H groups in total. The number of benzene rings is 2. The van der Waals surface area contributed by atoms with E-state index in [0.29, 0.717) is 24.4 Å². The summed E-state index contributed by atoms with van der Waals surface area (Å²) in [4.78, 5) is 18.4. The van der Waals surface area contributed by atoms with Gasteiger partial charge < -0.3 is 14.9 Å². The summed E-state index contributed by atoms with van der Waals surface area (Å²) in [7, 11) is 0. The van der Waals surface area contributed by atoms with E-state index in [2.05, 4.69) is 59.9 Å². The van der Waals surface area contributed by atoms with E-state index in [1.165, 1.54) is 0 Å². The molecule has 1 unspecified atom stereocenters. The highest BCUT2D eigenvalue weighted by Crippen LogP contribution is 2.39. The van der Waals surface area contributed by atoms with Crippen LogP contribution < -0.4 is 9.80 Å². The van der Waals surface area contributed by atoms with E-state index in [-0.39, 0.29) is 24.4 Å². The lowest BCUT2D eigenvalue weighted by Crippen LogP contribution is -2.48. The third kappa shape index (κ3) is 7.59. The number of piperidine rings is 1. The van der Waals surface area contributed by atoms with Gasteiger partial charge in [0.2, 0.25) is 0 Å². The fourth-order valence-corrected chi connectivity index (χ4v) is 6.32. The number of aromatic carboxylic acids is 1. The highest BCUT2D eigenvalue weighted by atomic mass is 35.5. The molecule has 0 radical (unpaired) electrons. The van der Waals surface area contributed by atoms with Crippen molar-refractivity contribution < 1.29 is 23.1 Å². The number of rotatable bonds is 6. The predicted octanol–water partition coefficient (Wildman–Crippen LogP) is 7.35. The third-order valence-corrected chi connectivity index (χ3v) is 8.19. The predicted molar refractivity (Wildman–Crippen MR) is 167 cm³/mol. The minimum Gasteiger partial charge on any atom is -0.478 e. The molecule has 2 fully saturated rings. The van der Waals surface area contributed by atoms with Crippen molar-refractivity contribution in [3.8, 4) is 11.1 Å². The minimum absolute atomic E-state index is 0. The molecule has 3 heterocycles. The smallest absolute Gasteiger partial charge is 0.433 e. The standard InChI is InChI=1S/C31H37ClF3N5O2.ClH/c1-30(2,3)20-37-13-15-38(16-14-37)23-9-6-21(7-10-23)25-11-8-22(32)17-27(25)39-12-4-5-24(19-39)40-28(31(33,34)35)26(18-36-40)29(41)42;/h6-11,17-18,24H,4-5,12-16,19-20H2,1-3H3,(H,41,42);1H. The summed E-state index contributed by atoms with van der Waals surface area (Å²) in [5.74, 6) is -1.64. The number of carboxylic acids is 1. The van der Waals surface area contributed by atoms with Gasteiger partial charge in [-0.3, -0.25) is 9.58 Å². The molecule has 2 aliphatic rings. The van der Waals surface area contributed by atoms with Crippen LogP contribution in [-0.4, -0.2) is 71.6 Å². The molecule has 43 heavy (non-hydrogen) atoms. The van der Waals surface area contributed by atoms with E-state index in [0.717, 1.165) is 66.1 Å². The summed E-state index contributed by atoms with van der Waals surface area (Å²) in [6.07, 6.45) is -2.97. The van der Waals surface area contributed by atoms with Gasteiger partial charge in [0, 0.05) is 67.8 Å². The molecule has 2 saturated heterocycles. The van der Waals surface area contributed by atoms with Gasteiger partial charge in [-0.25, -0.2) is 4.79 Å². The Hall–Kier alpha value is -2.95. The van der Waals surface area contributed by atoms with Crippen molar-refractivity contribution in [2.45, 2.75) is 45.8 Å². The SMILES string of the molecule is CC(C)(C)CN1CCN(c2ccc(-c3ccc(Cl)cc3N3CCCC(n4ncc(C(=O)O)c4C(F)(F)F)C3)cc2)CC1.Cl. The first kappa shape index (κ1) is 33.0. The number of hydrogen-bond acceptors (Lipinski definition) is 5. The largest absolute Gasteiger partial charge is 0.478 e. The molecule has 1 aromatic heterocycles. The van der Waals surface area contributed by atoms with E-state index in [1.54, 1.807) is 0 Å². The Morgan fingerprint density at radius 2 is 1.67 bits per heavy atom. The van der Waals surface area contributed by atoms with Gasteiger partial charge in [-0.2, -0.15) is 18.3 Å². The van der Waals surface area contributed by atoms with Crippen molar-refractivity contribution in [3.05, 3.63) is 64.9 Å². The maximum absolute atomic E-state index is 13.9. The summed E-state index contributed by atoms with van der Waals surface area (Å²) < 4.78 is 42.6. The zero-order valence-electron chi connectivity index (χ0n) is 24.6. The number of carboxylic acid groups (broad SMARTS) is 1. The Balaban J connectivity index is 0.00000423. The number of alkyl halides is 3. The quantitative estimate of drug-likeness (QED) is 0.304. The van der Waals surface area contributed by atoms with E-state index in [4.69, 9.17) is 11.6 Å². The molecule has 2 aliphatic heterocycles. The molecule has 0 aliphatic carbocycles. The Morgan fingerprint density at radius 1 is 1.00 bits per heavy atom.